The standard InChI is InChI=1S/C24H29F2NO3/c25-21-8-4-19(5-9-21)24(20-6-10-22(26)11-7-20)30-17-16-27-14-12-18(13-15-27)2-1-3-23(28)29/h4-11,18,24H,1-3,12-17H2,(H,28,29). The lowest BCUT2D eigenvalue weighted by molar-refractivity contribution is -0.137. The molecule has 0 radical (unpaired) electrons. The van der Waals surface area contributed by atoms with Crippen molar-refractivity contribution in [2.24, 2.45) is 5.92 Å². The van der Waals surface area contributed by atoms with E-state index in [4.69, 9.17) is 9.84 Å². The summed E-state index contributed by atoms with van der Waals surface area (Å²) in [6, 6.07) is 12.4. The SMILES string of the molecule is O=C(O)CCCC1CCN(CCOC(c2ccc(F)cc2)c2ccc(F)cc2)CC1. The molecule has 0 aromatic heterocycles. The zero-order chi connectivity index (χ0) is 21.3. The Balaban J connectivity index is 1.50. The second-order valence-electron chi connectivity index (χ2n) is 7.92. The molecule has 2 aromatic rings. The van der Waals surface area contributed by atoms with E-state index in [2.05, 4.69) is 4.90 Å². The van der Waals surface area contributed by atoms with E-state index < -0.39 is 5.97 Å². The Kier molecular flexibility index (Phi) is 8.34. The number of benzene rings is 2. The summed E-state index contributed by atoms with van der Waals surface area (Å²) in [7, 11) is 0. The van der Waals surface area contributed by atoms with Crippen LogP contribution in [0, 0.1) is 17.6 Å². The smallest absolute Gasteiger partial charge is 0.303 e. The molecule has 0 saturated carbocycles. The van der Waals surface area contributed by atoms with Crippen LogP contribution in [0.25, 0.3) is 0 Å². The van der Waals surface area contributed by atoms with Crippen molar-refractivity contribution in [3.05, 3.63) is 71.3 Å². The number of carboxylic acids is 1. The molecule has 162 valence electrons. The van der Waals surface area contributed by atoms with E-state index >= 15 is 0 Å². The number of nitrogens with zero attached hydrogens (tertiary/aromatic N) is 1. The van der Waals surface area contributed by atoms with Crippen LogP contribution in [0.5, 0.6) is 0 Å². The molecular formula is C24H29F2NO3. The Labute approximate surface area is 176 Å². The molecule has 3 rings (SSSR count). The van der Waals surface area contributed by atoms with Gasteiger partial charge in [0.1, 0.15) is 17.7 Å². The van der Waals surface area contributed by atoms with Crippen molar-refractivity contribution < 1.29 is 23.4 Å². The second kappa shape index (κ2) is 11.2. The minimum absolute atomic E-state index is 0.252. The van der Waals surface area contributed by atoms with Gasteiger partial charge in [0.25, 0.3) is 0 Å². The Morgan fingerprint density at radius 1 is 1.00 bits per heavy atom. The molecule has 1 saturated heterocycles. The molecule has 30 heavy (non-hydrogen) atoms. The lowest BCUT2D eigenvalue weighted by atomic mass is 9.91. The van der Waals surface area contributed by atoms with Crippen LogP contribution >= 0.6 is 0 Å². The van der Waals surface area contributed by atoms with Gasteiger partial charge in [0.05, 0.1) is 6.61 Å². The fourth-order valence-corrected chi connectivity index (χ4v) is 4.00. The summed E-state index contributed by atoms with van der Waals surface area (Å²) >= 11 is 0. The fraction of sp³-hybridized carbons (Fsp3) is 0.458. The average molecular weight is 417 g/mol. The molecule has 0 atom stereocenters. The lowest BCUT2D eigenvalue weighted by Crippen LogP contribution is -2.36. The van der Waals surface area contributed by atoms with E-state index in [0.29, 0.717) is 12.5 Å². The van der Waals surface area contributed by atoms with E-state index in [0.717, 1.165) is 56.4 Å². The van der Waals surface area contributed by atoms with Crippen LogP contribution in [-0.2, 0) is 9.53 Å². The summed E-state index contributed by atoms with van der Waals surface area (Å²) < 4.78 is 32.8. The van der Waals surface area contributed by atoms with Gasteiger partial charge in [0.2, 0.25) is 0 Å². The van der Waals surface area contributed by atoms with Crippen LogP contribution in [0.3, 0.4) is 0 Å². The van der Waals surface area contributed by atoms with E-state index in [9.17, 15) is 13.6 Å². The van der Waals surface area contributed by atoms with Crippen LogP contribution < -0.4 is 0 Å². The number of rotatable bonds is 10. The van der Waals surface area contributed by atoms with Crippen molar-refractivity contribution in [2.45, 2.75) is 38.2 Å². The Bertz CT molecular complexity index is 742. The van der Waals surface area contributed by atoms with Gasteiger partial charge in [-0.05, 0) is 80.1 Å². The van der Waals surface area contributed by atoms with Crippen LogP contribution in [0.15, 0.2) is 48.5 Å². The molecule has 1 aliphatic heterocycles. The molecule has 0 bridgehead atoms. The molecule has 0 spiro atoms. The number of halogens is 2. The van der Waals surface area contributed by atoms with E-state index in [1.807, 2.05) is 0 Å². The van der Waals surface area contributed by atoms with E-state index in [1.165, 1.54) is 24.3 Å². The summed E-state index contributed by atoms with van der Waals surface area (Å²) in [5.41, 5.74) is 1.67. The zero-order valence-electron chi connectivity index (χ0n) is 17.1. The lowest BCUT2D eigenvalue weighted by Gasteiger charge is -2.32. The highest BCUT2D eigenvalue weighted by Gasteiger charge is 2.20. The van der Waals surface area contributed by atoms with Crippen LogP contribution in [-0.4, -0.2) is 42.2 Å². The fourth-order valence-electron chi connectivity index (χ4n) is 4.00. The van der Waals surface area contributed by atoms with Crippen LogP contribution in [0.2, 0.25) is 0 Å². The van der Waals surface area contributed by atoms with Crippen molar-refractivity contribution in [3.8, 4) is 0 Å². The second-order valence-corrected chi connectivity index (χ2v) is 7.92. The summed E-state index contributed by atoms with van der Waals surface area (Å²) in [5.74, 6) is -0.722. The molecule has 1 aliphatic rings. The maximum absolute atomic E-state index is 13.3. The first-order valence-electron chi connectivity index (χ1n) is 10.6. The minimum atomic E-state index is -0.721. The number of piperidine rings is 1. The largest absolute Gasteiger partial charge is 0.481 e. The normalized spacial score (nSPS) is 15.6. The van der Waals surface area contributed by atoms with Crippen molar-refractivity contribution in [3.63, 3.8) is 0 Å². The van der Waals surface area contributed by atoms with Gasteiger partial charge >= 0.3 is 5.97 Å². The highest BCUT2D eigenvalue weighted by atomic mass is 19.1. The van der Waals surface area contributed by atoms with Crippen molar-refractivity contribution in [2.75, 3.05) is 26.2 Å². The molecule has 4 nitrogen and oxygen atoms in total. The molecule has 6 heteroatoms. The molecule has 1 N–H and O–H groups in total. The summed E-state index contributed by atoms with van der Waals surface area (Å²) in [6.07, 6.45) is 3.77. The number of carbonyl (C=O) groups is 1. The van der Waals surface area contributed by atoms with Crippen molar-refractivity contribution >= 4 is 5.97 Å². The van der Waals surface area contributed by atoms with Crippen molar-refractivity contribution in [1.29, 1.82) is 0 Å². The Hall–Kier alpha value is -2.31. The zero-order valence-corrected chi connectivity index (χ0v) is 17.1. The van der Waals surface area contributed by atoms with Gasteiger partial charge in [-0.25, -0.2) is 8.78 Å². The number of hydrogen-bond donors (Lipinski definition) is 1. The minimum Gasteiger partial charge on any atom is -0.481 e. The summed E-state index contributed by atoms with van der Waals surface area (Å²) in [6.45, 7) is 3.28. The first-order valence-corrected chi connectivity index (χ1v) is 10.6. The van der Waals surface area contributed by atoms with Gasteiger partial charge in [0, 0.05) is 13.0 Å². The van der Waals surface area contributed by atoms with E-state index in [1.54, 1.807) is 24.3 Å². The van der Waals surface area contributed by atoms with Crippen molar-refractivity contribution in [1.82, 2.24) is 4.90 Å². The Morgan fingerprint density at radius 2 is 1.53 bits per heavy atom. The summed E-state index contributed by atoms with van der Waals surface area (Å²) in [4.78, 5) is 13.0. The van der Waals surface area contributed by atoms with Gasteiger partial charge in [-0.1, -0.05) is 24.3 Å². The topological polar surface area (TPSA) is 49.8 Å². The van der Waals surface area contributed by atoms with Crippen LogP contribution in [0.1, 0.15) is 49.3 Å². The van der Waals surface area contributed by atoms with E-state index in [-0.39, 0.29) is 24.2 Å². The maximum Gasteiger partial charge on any atom is 0.303 e. The predicted octanol–water partition coefficient (Wildman–Crippen LogP) is 5.04. The number of likely N-dealkylation sites (tertiary alicyclic amines) is 1. The van der Waals surface area contributed by atoms with Gasteiger partial charge < -0.3 is 14.7 Å². The monoisotopic (exact) mass is 417 g/mol. The highest BCUT2D eigenvalue weighted by molar-refractivity contribution is 5.66. The Morgan fingerprint density at radius 3 is 2.03 bits per heavy atom. The third-order valence-electron chi connectivity index (χ3n) is 5.75. The molecular weight excluding hydrogens is 388 g/mol. The first-order chi connectivity index (χ1) is 14.5. The molecule has 2 aromatic carbocycles. The quantitative estimate of drug-likeness (QED) is 0.589. The van der Waals surface area contributed by atoms with Gasteiger partial charge in [-0.3, -0.25) is 4.79 Å². The predicted molar refractivity (Wildman–Crippen MR) is 111 cm³/mol. The first kappa shape index (κ1) is 22.4. The number of aliphatic carboxylic acids is 1. The summed E-state index contributed by atoms with van der Waals surface area (Å²) in [5, 5.41) is 8.76. The van der Waals surface area contributed by atoms with Gasteiger partial charge in [-0.15, -0.1) is 0 Å². The molecule has 0 amide bonds. The van der Waals surface area contributed by atoms with Crippen LogP contribution in [0.4, 0.5) is 8.78 Å². The average Bonchev–Trinajstić information content (AvgIpc) is 2.74. The third-order valence-corrected chi connectivity index (χ3v) is 5.75. The highest BCUT2D eigenvalue weighted by Crippen LogP contribution is 2.27. The molecule has 0 aliphatic carbocycles. The maximum atomic E-state index is 13.3. The number of hydrogen-bond acceptors (Lipinski definition) is 3. The molecule has 1 heterocycles. The molecule has 1 fully saturated rings. The number of ether oxygens (including phenoxy) is 1. The number of carboxylic acid groups (broad SMARTS) is 1. The van der Waals surface area contributed by atoms with Gasteiger partial charge in [0.15, 0.2) is 0 Å². The third kappa shape index (κ3) is 6.89. The van der Waals surface area contributed by atoms with Gasteiger partial charge in [-0.2, -0.15) is 0 Å². The molecule has 0 unspecified atom stereocenters.